The molecule has 1 amide bonds. The first-order valence-corrected chi connectivity index (χ1v) is 7.04. The van der Waals surface area contributed by atoms with E-state index in [0.717, 1.165) is 12.8 Å². The Labute approximate surface area is 118 Å². The van der Waals surface area contributed by atoms with Crippen molar-refractivity contribution in [3.05, 3.63) is 39.9 Å². The lowest BCUT2D eigenvalue weighted by Crippen LogP contribution is -2.43. The van der Waals surface area contributed by atoms with Crippen molar-refractivity contribution in [3.8, 4) is 0 Å². The van der Waals surface area contributed by atoms with Crippen molar-refractivity contribution in [2.75, 3.05) is 0 Å². The summed E-state index contributed by atoms with van der Waals surface area (Å²) < 4.78 is 0. The van der Waals surface area contributed by atoms with E-state index < -0.39 is 4.92 Å². The molecule has 0 radical (unpaired) electrons. The van der Waals surface area contributed by atoms with Gasteiger partial charge in [-0.3, -0.25) is 14.9 Å². The first kappa shape index (κ1) is 14.5. The predicted octanol–water partition coefficient (Wildman–Crippen LogP) is 3.15. The number of carbonyl (C=O) groups excluding carboxylic acids is 1. The van der Waals surface area contributed by atoms with Gasteiger partial charge < -0.3 is 5.32 Å². The van der Waals surface area contributed by atoms with E-state index in [-0.39, 0.29) is 17.6 Å². The van der Waals surface area contributed by atoms with Gasteiger partial charge in [0.2, 0.25) is 0 Å². The van der Waals surface area contributed by atoms with Crippen LogP contribution in [-0.4, -0.2) is 16.9 Å². The summed E-state index contributed by atoms with van der Waals surface area (Å²) in [5.41, 5.74) is 0.298. The van der Waals surface area contributed by atoms with Gasteiger partial charge in [-0.15, -0.1) is 0 Å². The van der Waals surface area contributed by atoms with E-state index in [4.69, 9.17) is 0 Å². The lowest BCUT2D eigenvalue weighted by Gasteiger charge is -2.34. The minimum absolute atomic E-state index is 0.0530. The van der Waals surface area contributed by atoms with Crippen LogP contribution in [-0.2, 0) is 0 Å². The molecule has 2 rings (SSSR count). The van der Waals surface area contributed by atoms with Crippen LogP contribution in [0.5, 0.6) is 0 Å². The number of amides is 1. The zero-order valence-corrected chi connectivity index (χ0v) is 11.8. The van der Waals surface area contributed by atoms with Crippen LogP contribution in [0.25, 0.3) is 0 Å². The van der Waals surface area contributed by atoms with E-state index in [0.29, 0.717) is 17.4 Å². The zero-order chi connectivity index (χ0) is 14.7. The summed E-state index contributed by atoms with van der Waals surface area (Å²) in [7, 11) is 0. The molecule has 0 aromatic heterocycles. The third-order valence-electron chi connectivity index (χ3n) is 4.34. The van der Waals surface area contributed by atoms with Gasteiger partial charge in [0.15, 0.2) is 0 Å². The molecule has 108 valence electrons. The SMILES string of the molecule is C[C@H]1[C@H](C)CCC[C@@H]1NC(=O)c1cccc([N+](=O)[O-])c1. The maximum Gasteiger partial charge on any atom is 0.270 e. The van der Waals surface area contributed by atoms with E-state index in [1.807, 2.05) is 0 Å². The molecule has 0 aliphatic heterocycles. The summed E-state index contributed by atoms with van der Waals surface area (Å²) in [6, 6.07) is 6.03. The molecule has 1 aromatic carbocycles. The predicted molar refractivity (Wildman–Crippen MR) is 76.5 cm³/mol. The highest BCUT2D eigenvalue weighted by molar-refractivity contribution is 5.95. The minimum atomic E-state index is -0.484. The number of nitrogens with zero attached hydrogens (tertiary/aromatic N) is 1. The molecule has 0 spiro atoms. The van der Waals surface area contributed by atoms with Gasteiger partial charge in [-0.1, -0.05) is 32.8 Å². The molecule has 5 nitrogen and oxygen atoms in total. The van der Waals surface area contributed by atoms with Crippen LogP contribution in [0.3, 0.4) is 0 Å². The van der Waals surface area contributed by atoms with Crippen LogP contribution in [0.2, 0.25) is 0 Å². The van der Waals surface area contributed by atoms with E-state index in [2.05, 4.69) is 19.2 Å². The molecule has 1 aromatic rings. The fourth-order valence-electron chi connectivity index (χ4n) is 2.80. The molecule has 20 heavy (non-hydrogen) atoms. The molecule has 1 aliphatic rings. The van der Waals surface area contributed by atoms with Crippen molar-refractivity contribution in [2.45, 2.75) is 39.2 Å². The van der Waals surface area contributed by atoms with Gasteiger partial charge in [0.05, 0.1) is 4.92 Å². The summed E-state index contributed by atoms with van der Waals surface area (Å²) in [6.45, 7) is 4.36. The summed E-state index contributed by atoms with van der Waals surface area (Å²) in [4.78, 5) is 22.5. The number of nitro benzene ring substituents is 1. The summed E-state index contributed by atoms with van der Waals surface area (Å²) in [6.07, 6.45) is 3.29. The van der Waals surface area contributed by atoms with E-state index in [9.17, 15) is 14.9 Å². The molecule has 1 fully saturated rings. The molecular formula is C15H20N2O3. The van der Waals surface area contributed by atoms with Crippen LogP contribution < -0.4 is 5.32 Å². The first-order valence-electron chi connectivity index (χ1n) is 7.04. The van der Waals surface area contributed by atoms with E-state index in [1.54, 1.807) is 12.1 Å². The van der Waals surface area contributed by atoms with Gasteiger partial charge >= 0.3 is 0 Å². The number of rotatable bonds is 3. The van der Waals surface area contributed by atoms with Crippen molar-refractivity contribution in [3.63, 3.8) is 0 Å². The maximum atomic E-state index is 12.2. The second-order valence-electron chi connectivity index (χ2n) is 5.65. The quantitative estimate of drug-likeness (QED) is 0.681. The van der Waals surface area contributed by atoms with Crippen LogP contribution in [0, 0.1) is 22.0 Å². The van der Waals surface area contributed by atoms with Crippen molar-refractivity contribution < 1.29 is 9.72 Å². The molecule has 3 atom stereocenters. The normalized spacial score (nSPS) is 26.0. The number of nitro groups is 1. The zero-order valence-electron chi connectivity index (χ0n) is 11.8. The highest BCUT2D eigenvalue weighted by Gasteiger charge is 2.28. The number of carbonyl (C=O) groups is 1. The molecule has 1 N–H and O–H groups in total. The Balaban J connectivity index is 2.08. The summed E-state index contributed by atoms with van der Waals surface area (Å²) in [5.74, 6) is 0.810. The summed E-state index contributed by atoms with van der Waals surface area (Å²) in [5, 5.41) is 13.8. The molecule has 0 saturated heterocycles. The van der Waals surface area contributed by atoms with Gasteiger partial charge in [-0.2, -0.15) is 0 Å². The van der Waals surface area contributed by atoms with Crippen LogP contribution in [0.15, 0.2) is 24.3 Å². The molecular weight excluding hydrogens is 256 g/mol. The molecule has 1 aliphatic carbocycles. The Morgan fingerprint density at radius 1 is 1.35 bits per heavy atom. The van der Waals surface area contributed by atoms with Crippen LogP contribution in [0.4, 0.5) is 5.69 Å². The molecule has 1 saturated carbocycles. The lowest BCUT2D eigenvalue weighted by atomic mass is 9.78. The van der Waals surface area contributed by atoms with Gasteiger partial charge in [0, 0.05) is 23.7 Å². The smallest absolute Gasteiger partial charge is 0.270 e. The van der Waals surface area contributed by atoms with Crippen molar-refractivity contribution in [1.82, 2.24) is 5.32 Å². The fraction of sp³-hybridized carbons (Fsp3) is 0.533. The Morgan fingerprint density at radius 2 is 2.10 bits per heavy atom. The second kappa shape index (κ2) is 6.03. The maximum absolute atomic E-state index is 12.2. The average molecular weight is 276 g/mol. The third kappa shape index (κ3) is 3.15. The van der Waals surface area contributed by atoms with Crippen LogP contribution in [0.1, 0.15) is 43.5 Å². The number of benzene rings is 1. The van der Waals surface area contributed by atoms with E-state index >= 15 is 0 Å². The first-order chi connectivity index (χ1) is 9.49. The van der Waals surface area contributed by atoms with Crippen molar-refractivity contribution in [1.29, 1.82) is 0 Å². The van der Waals surface area contributed by atoms with E-state index in [1.165, 1.54) is 18.6 Å². The number of non-ortho nitro benzene ring substituents is 1. The number of hydrogen-bond donors (Lipinski definition) is 1. The Kier molecular flexibility index (Phi) is 4.37. The summed E-state index contributed by atoms with van der Waals surface area (Å²) >= 11 is 0. The van der Waals surface area contributed by atoms with Crippen molar-refractivity contribution in [2.24, 2.45) is 11.8 Å². The van der Waals surface area contributed by atoms with Gasteiger partial charge in [0.25, 0.3) is 11.6 Å². The monoisotopic (exact) mass is 276 g/mol. The third-order valence-corrected chi connectivity index (χ3v) is 4.34. The average Bonchev–Trinajstić information content (AvgIpc) is 2.44. The lowest BCUT2D eigenvalue weighted by molar-refractivity contribution is -0.384. The number of hydrogen-bond acceptors (Lipinski definition) is 3. The Morgan fingerprint density at radius 3 is 2.80 bits per heavy atom. The molecule has 0 unspecified atom stereocenters. The Hall–Kier alpha value is -1.91. The molecule has 0 bridgehead atoms. The van der Waals surface area contributed by atoms with Crippen LogP contribution >= 0.6 is 0 Å². The van der Waals surface area contributed by atoms with Gasteiger partial charge in [-0.05, 0) is 24.3 Å². The molecule has 5 heteroatoms. The Bertz CT molecular complexity index is 516. The number of nitrogens with one attached hydrogen (secondary N) is 1. The highest BCUT2D eigenvalue weighted by atomic mass is 16.6. The largest absolute Gasteiger partial charge is 0.349 e. The standard InChI is InChI=1S/C15H20N2O3/c1-10-5-3-8-14(11(10)2)16-15(18)12-6-4-7-13(9-12)17(19)20/h4,6-7,9-11,14H,3,5,8H2,1-2H3,(H,16,18)/t10-,11+,14+/m1/s1. The second-order valence-corrected chi connectivity index (χ2v) is 5.65. The minimum Gasteiger partial charge on any atom is -0.349 e. The topological polar surface area (TPSA) is 72.2 Å². The fourth-order valence-corrected chi connectivity index (χ4v) is 2.80. The van der Waals surface area contributed by atoms with Gasteiger partial charge in [-0.25, -0.2) is 0 Å². The molecule has 0 heterocycles. The highest BCUT2D eigenvalue weighted by Crippen LogP contribution is 2.29. The van der Waals surface area contributed by atoms with Crippen molar-refractivity contribution >= 4 is 11.6 Å². The van der Waals surface area contributed by atoms with Gasteiger partial charge in [0.1, 0.15) is 0 Å².